The number of carbonyl (C=O) groups excluding carboxylic acids is 1. The van der Waals surface area contributed by atoms with Gasteiger partial charge in [-0.1, -0.05) is 0 Å². The van der Waals surface area contributed by atoms with Gasteiger partial charge in [-0.25, -0.2) is 0 Å². The minimum Gasteiger partial charge on any atom is -0.338 e. The van der Waals surface area contributed by atoms with Gasteiger partial charge in [0.25, 0.3) is 5.95 Å². The van der Waals surface area contributed by atoms with E-state index in [0.29, 0.717) is 18.3 Å². The Balaban J connectivity index is 1.79. The van der Waals surface area contributed by atoms with Gasteiger partial charge in [0.2, 0.25) is 5.89 Å². The van der Waals surface area contributed by atoms with Crippen LogP contribution in [0.1, 0.15) is 43.9 Å². The molecule has 86 valence electrons. The highest BCUT2D eigenvalue weighted by Crippen LogP contribution is 2.31. The van der Waals surface area contributed by atoms with E-state index in [1.165, 1.54) is 12.8 Å². The highest BCUT2D eigenvalue weighted by atomic mass is 16.5. The molecule has 0 amide bonds. The SMILES string of the molecule is O=C1CCCC1c1nc(N2CCCC2)no1. The number of rotatable bonds is 2. The Kier molecular flexibility index (Phi) is 2.38. The maximum Gasteiger partial charge on any atom is 0.266 e. The van der Waals surface area contributed by atoms with Crippen molar-refractivity contribution >= 4 is 11.7 Å². The smallest absolute Gasteiger partial charge is 0.266 e. The zero-order chi connectivity index (χ0) is 11.0. The van der Waals surface area contributed by atoms with E-state index in [1.807, 2.05) is 0 Å². The molecule has 3 rings (SSSR count). The van der Waals surface area contributed by atoms with Crippen molar-refractivity contribution in [1.82, 2.24) is 10.1 Å². The third-order valence-corrected chi connectivity index (χ3v) is 3.42. The highest BCUT2D eigenvalue weighted by molar-refractivity contribution is 5.86. The molecule has 0 bridgehead atoms. The lowest BCUT2D eigenvalue weighted by Crippen LogP contribution is -2.19. The minimum atomic E-state index is -0.135. The van der Waals surface area contributed by atoms with Crippen molar-refractivity contribution < 1.29 is 9.32 Å². The predicted molar refractivity (Wildman–Crippen MR) is 57.3 cm³/mol. The zero-order valence-electron chi connectivity index (χ0n) is 9.19. The first kappa shape index (κ1) is 9.81. The van der Waals surface area contributed by atoms with Gasteiger partial charge in [-0.05, 0) is 30.8 Å². The Morgan fingerprint density at radius 1 is 1.25 bits per heavy atom. The van der Waals surface area contributed by atoms with Crippen molar-refractivity contribution in [1.29, 1.82) is 0 Å². The van der Waals surface area contributed by atoms with Gasteiger partial charge in [0.1, 0.15) is 5.78 Å². The fraction of sp³-hybridized carbons (Fsp3) is 0.727. The van der Waals surface area contributed by atoms with E-state index in [1.54, 1.807) is 0 Å². The van der Waals surface area contributed by atoms with Crippen molar-refractivity contribution in [2.24, 2.45) is 0 Å². The second-order valence-electron chi connectivity index (χ2n) is 4.54. The molecular weight excluding hydrogens is 206 g/mol. The molecule has 1 saturated carbocycles. The summed E-state index contributed by atoms with van der Waals surface area (Å²) in [5, 5.41) is 3.96. The normalized spacial score (nSPS) is 25.6. The molecule has 1 aromatic rings. The first-order valence-corrected chi connectivity index (χ1v) is 5.96. The van der Waals surface area contributed by atoms with Gasteiger partial charge >= 0.3 is 0 Å². The van der Waals surface area contributed by atoms with E-state index in [2.05, 4.69) is 15.0 Å². The van der Waals surface area contributed by atoms with Gasteiger partial charge in [-0.2, -0.15) is 4.98 Å². The summed E-state index contributed by atoms with van der Waals surface area (Å²) in [5.41, 5.74) is 0. The monoisotopic (exact) mass is 221 g/mol. The molecule has 0 radical (unpaired) electrons. The van der Waals surface area contributed by atoms with Crippen molar-refractivity contribution in [3.05, 3.63) is 5.89 Å². The van der Waals surface area contributed by atoms with Gasteiger partial charge in [0.05, 0.1) is 5.92 Å². The van der Waals surface area contributed by atoms with Crippen molar-refractivity contribution in [3.8, 4) is 0 Å². The third-order valence-electron chi connectivity index (χ3n) is 3.42. The lowest BCUT2D eigenvalue weighted by molar-refractivity contribution is -0.119. The van der Waals surface area contributed by atoms with E-state index in [-0.39, 0.29) is 11.7 Å². The van der Waals surface area contributed by atoms with Crippen LogP contribution in [0.5, 0.6) is 0 Å². The molecule has 1 atom stereocenters. The Labute approximate surface area is 93.8 Å². The molecule has 2 fully saturated rings. The fourth-order valence-electron chi connectivity index (χ4n) is 2.49. The van der Waals surface area contributed by atoms with Gasteiger partial charge in [-0.15, -0.1) is 0 Å². The molecule has 0 aromatic carbocycles. The molecule has 5 nitrogen and oxygen atoms in total. The predicted octanol–water partition coefficient (Wildman–Crippen LogP) is 1.51. The van der Waals surface area contributed by atoms with Crippen molar-refractivity contribution in [3.63, 3.8) is 0 Å². The Bertz CT molecular complexity index is 396. The minimum absolute atomic E-state index is 0.135. The number of ketones is 1. The third kappa shape index (κ3) is 1.60. The van der Waals surface area contributed by atoms with Crippen LogP contribution in [0.15, 0.2) is 4.52 Å². The number of Topliss-reactive ketones (excluding diaryl/α,β-unsaturated/α-hetero) is 1. The van der Waals surface area contributed by atoms with Crippen LogP contribution in [-0.4, -0.2) is 29.0 Å². The number of nitrogens with zero attached hydrogens (tertiary/aromatic N) is 3. The molecule has 1 unspecified atom stereocenters. The molecule has 1 aliphatic carbocycles. The topological polar surface area (TPSA) is 59.2 Å². The maximum atomic E-state index is 11.6. The summed E-state index contributed by atoms with van der Waals surface area (Å²) in [7, 11) is 0. The first-order chi connectivity index (χ1) is 7.84. The highest BCUT2D eigenvalue weighted by Gasteiger charge is 2.31. The van der Waals surface area contributed by atoms with E-state index < -0.39 is 0 Å². The van der Waals surface area contributed by atoms with E-state index in [4.69, 9.17) is 4.52 Å². The standard InChI is InChI=1S/C11H15N3O2/c15-9-5-3-4-8(9)10-12-11(13-16-10)14-6-1-2-7-14/h8H,1-7H2. The molecule has 2 aliphatic rings. The fourth-order valence-corrected chi connectivity index (χ4v) is 2.49. The van der Waals surface area contributed by atoms with Crippen LogP contribution in [0, 0.1) is 0 Å². The van der Waals surface area contributed by atoms with Crippen LogP contribution in [0.2, 0.25) is 0 Å². The second kappa shape index (κ2) is 3.88. The van der Waals surface area contributed by atoms with E-state index >= 15 is 0 Å². The zero-order valence-corrected chi connectivity index (χ0v) is 9.19. The summed E-state index contributed by atoms with van der Waals surface area (Å²) >= 11 is 0. The maximum absolute atomic E-state index is 11.6. The summed E-state index contributed by atoms with van der Waals surface area (Å²) in [4.78, 5) is 18.0. The van der Waals surface area contributed by atoms with Gasteiger partial charge in [0, 0.05) is 19.5 Å². The van der Waals surface area contributed by atoms with Crippen molar-refractivity contribution in [2.45, 2.75) is 38.0 Å². The lowest BCUT2D eigenvalue weighted by Gasteiger charge is -2.09. The summed E-state index contributed by atoms with van der Waals surface area (Å²) < 4.78 is 5.21. The Hall–Kier alpha value is -1.39. The molecule has 5 heteroatoms. The second-order valence-corrected chi connectivity index (χ2v) is 4.54. The molecule has 0 N–H and O–H groups in total. The molecule has 1 saturated heterocycles. The van der Waals surface area contributed by atoms with E-state index in [9.17, 15) is 4.79 Å². The van der Waals surface area contributed by atoms with Crippen LogP contribution in [0.3, 0.4) is 0 Å². The summed E-state index contributed by atoms with van der Waals surface area (Å²) in [6, 6.07) is 0. The molecule has 0 spiro atoms. The molecule has 1 aliphatic heterocycles. The van der Waals surface area contributed by atoms with Gasteiger partial charge in [0.15, 0.2) is 0 Å². The molecule has 1 aromatic heterocycles. The Morgan fingerprint density at radius 2 is 2.06 bits per heavy atom. The number of hydrogen-bond donors (Lipinski definition) is 0. The average molecular weight is 221 g/mol. The average Bonchev–Trinajstić information content (AvgIpc) is 2.96. The largest absolute Gasteiger partial charge is 0.338 e. The lowest BCUT2D eigenvalue weighted by atomic mass is 10.1. The Morgan fingerprint density at radius 3 is 2.75 bits per heavy atom. The van der Waals surface area contributed by atoms with Crippen LogP contribution in [0.25, 0.3) is 0 Å². The van der Waals surface area contributed by atoms with Crippen LogP contribution < -0.4 is 4.90 Å². The summed E-state index contributed by atoms with van der Waals surface area (Å²) in [5.74, 6) is 1.29. The quantitative estimate of drug-likeness (QED) is 0.757. The number of anilines is 1. The van der Waals surface area contributed by atoms with Gasteiger partial charge in [-0.3, -0.25) is 4.79 Å². The summed E-state index contributed by atoms with van der Waals surface area (Å²) in [6.45, 7) is 2.00. The van der Waals surface area contributed by atoms with Crippen LogP contribution >= 0.6 is 0 Å². The van der Waals surface area contributed by atoms with Crippen molar-refractivity contribution in [2.75, 3.05) is 18.0 Å². The van der Waals surface area contributed by atoms with Gasteiger partial charge < -0.3 is 9.42 Å². The number of aromatic nitrogens is 2. The molecular formula is C11H15N3O2. The number of hydrogen-bond acceptors (Lipinski definition) is 5. The van der Waals surface area contributed by atoms with E-state index in [0.717, 1.165) is 25.9 Å². The molecule has 16 heavy (non-hydrogen) atoms. The molecule has 2 heterocycles. The number of carbonyl (C=O) groups is 1. The first-order valence-electron chi connectivity index (χ1n) is 5.96. The van der Waals surface area contributed by atoms with Crippen LogP contribution in [0.4, 0.5) is 5.95 Å². The van der Waals surface area contributed by atoms with Crippen LogP contribution in [-0.2, 0) is 4.79 Å². The summed E-state index contributed by atoms with van der Waals surface area (Å²) in [6.07, 6.45) is 4.84.